The zero-order valence-electron chi connectivity index (χ0n) is 19.9. The van der Waals surface area contributed by atoms with Crippen molar-refractivity contribution in [3.63, 3.8) is 0 Å². The molecular weight excluding hydrogens is 424 g/mol. The van der Waals surface area contributed by atoms with Crippen molar-refractivity contribution in [2.75, 3.05) is 20.1 Å². The molecule has 1 aromatic heterocycles. The average molecular weight is 456 g/mol. The van der Waals surface area contributed by atoms with Gasteiger partial charge in [0.15, 0.2) is 0 Å². The number of amides is 1. The van der Waals surface area contributed by atoms with Crippen LogP contribution >= 0.6 is 0 Å². The zero-order valence-corrected chi connectivity index (χ0v) is 19.9. The van der Waals surface area contributed by atoms with E-state index in [1.807, 2.05) is 29.6 Å². The van der Waals surface area contributed by atoms with Crippen molar-refractivity contribution < 1.29 is 14.8 Å². The number of quaternary nitrogens is 1. The number of piperazine rings is 1. The first kappa shape index (κ1) is 23.4. The lowest BCUT2D eigenvalue weighted by Crippen LogP contribution is -2.88. The number of carbonyl (C=O) groups is 1. The highest BCUT2D eigenvalue weighted by molar-refractivity contribution is 6.33. The van der Waals surface area contributed by atoms with Gasteiger partial charge in [-0.05, 0) is 46.9 Å². The van der Waals surface area contributed by atoms with Gasteiger partial charge in [-0.25, -0.2) is 0 Å². The van der Waals surface area contributed by atoms with Gasteiger partial charge < -0.3 is 15.0 Å². The predicted octanol–water partition coefficient (Wildman–Crippen LogP) is 3.60. The maximum Gasteiger partial charge on any atom is 0.308 e. The second-order valence-corrected chi connectivity index (χ2v) is 8.83. The number of nitrogens with one attached hydrogen (secondary N) is 1. The fourth-order valence-electron chi connectivity index (χ4n) is 3.99. The van der Waals surface area contributed by atoms with Crippen LogP contribution in [0.1, 0.15) is 42.0 Å². The maximum atomic E-state index is 13.0. The van der Waals surface area contributed by atoms with Crippen molar-refractivity contribution in [1.29, 1.82) is 5.41 Å². The second kappa shape index (κ2) is 10.4. The fraction of sp³-hybridized carbons (Fsp3) is 0.250. The first-order valence-electron chi connectivity index (χ1n) is 11.6. The van der Waals surface area contributed by atoms with Crippen LogP contribution in [0.3, 0.4) is 0 Å². The molecule has 2 heterocycles. The van der Waals surface area contributed by atoms with E-state index in [-0.39, 0.29) is 5.91 Å². The topological polar surface area (TPSA) is 82.9 Å². The number of nitrogens with two attached hydrogens (primary N) is 1. The van der Waals surface area contributed by atoms with Gasteiger partial charge in [-0.3, -0.25) is 15.2 Å². The molecule has 174 valence electrons. The Balaban J connectivity index is 1.59. The number of allylic oxidation sites excluding steroid dienone is 1. The van der Waals surface area contributed by atoms with E-state index in [1.165, 1.54) is 5.56 Å². The third kappa shape index (κ3) is 5.24. The molecule has 0 bridgehead atoms. The van der Waals surface area contributed by atoms with Crippen molar-refractivity contribution in [2.24, 2.45) is 0 Å². The Morgan fingerprint density at radius 3 is 2.35 bits per heavy atom. The third-order valence-corrected chi connectivity index (χ3v) is 6.07. The summed E-state index contributed by atoms with van der Waals surface area (Å²) in [4.78, 5) is 18.7. The molecule has 0 saturated carbocycles. The van der Waals surface area contributed by atoms with Crippen molar-refractivity contribution in [2.45, 2.75) is 26.4 Å². The summed E-state index contributed by atoms with van der Waals surface area (Å²) in [7, 11) is 1.80. The number of rotatable bonds is 7. The van der Waals surface area contributed by atoms with Crippen LogP contribution in [-0.2, 0) is 11.4 Å². The number of nitrogens with zero attached hydrogens (tertiary/aromatic N) is 2. The van der Waals surface area contributed by atoms with Gasteiger partial charge in [0, 0.05) is 25.0 Å². The Morgan fingerprint density at radius 2 is 1.71 bits per heavy atom. The number of hydrogen-bond donors (Lipinski definition) is 2. The Hall–Kier alpha value is -3.77. The van der Waals surface area contributed by atoms with Crippen molar-refractivity contribution >= 4 is 17.2 Å². The summed E-state index contributed by atoms with van der Waals surface area (Å²) >= 11 is 0. The van der Waals surface area contributed by atoms with Gasteiger partial charge >= 0.3 is 5.91 Å². The number of carbonyl (C=O) groups excluding carboxylic acids is 1. The summed E-state index contributed by atoms with van der Waals surface area (Å²) in [5.41, 5.74) is 5.44. The second-order valence-electron chi connectivity index (χ2n) is 8.83. The van der Waals surface area contributed by atoms with E-state index in [4.69, 9.17) is 10.1 Å². The molecule has 2 aromatic carbocycles. The Kier molecular flexibility index (Phi) is 7.18. The van der Waals surface area contributed by atoms with Gasteiger partial charge in [-0.1, -0.05) is 50.2 Å². The smallest absolute Gasteiger partial charge is 0.308 e. The largest absolute Gasteiger partial charge is 0.489 e. The first-order chi connectivity index (χ1) is 16.4. The van der Waals surface area contributed by atoms with Crippen molar-refractivity contribution in [3.05, 3.63) is 101 Å². The van der Waals surface area contributed by atoms with Crippen LogP contribution in [0.5, 0.6) is 5.75 Å². The molecule has 0 aliphatic carbocycles. The van der Waals surface area contributed by atoms with Crippen molar-refractivity contribution in [1.82, 2.24) is 9.88 Å². The van der Waals surface area contributed by atoms with Crippen LogP contribution in [0, 0.1) is 5.41 Å². The van der Waals surface area contributed by atoms with Crippen LogP contribution in [-0.4, -0.2) is 41.6 Å². The maximum absolute atomic E-state index is 13.0. The minimum absolute atomic E-state index is 0.0646. The molecule has 1 aliphatic heterocycles. The molecule has 3 aromatic rings. The lowest BCUT2D eigenvalue weighted by Gasteiger charge is -2.24. The molecule has 1 amide bonds. The molecule has 0 spiro atoms. The van der Waals surface area contributed by atoms with E-state index in [9.17, 15) is 4.79 Å². The van der Waals surface area contributed by atoms with E-state index in [2.05, 4.69) is 43.1 Å². The third-order valence-electron chi connectivity index (χ3n) is 6.07. The van der Waals surface area contributed by atoms with Gasteiger partial charge in [0.2, 0.25) is 5.70 Å². The molecule has 6 nitrogen and oxygen atoms in total. The number of pyridine rings is 1. The first-order valence-corrected chi connectivity index (χ1v) is 11.6. The molecule has 0 atom stereocenters. The molecule has 4 rings (SSSR count). The van der Waals surface area contributed by atoms with E-state index < -0.39 is 0 Å². The van der Waals surface area contributed by atoms with Crippen LogP contribution in [0.4, 0.5) is 0 Å². The van der Waals surface area contributed by atoms with Crippen LogP contribution in [0.25, 0.3) is 5.57 Å². The SMILES string of the molecule is CC(C)c1ccc(COc2ccc(C(C(=N)c3ccncc3)=C3[NH2+]CCN(C)C3=O)cc2)cc1. The molecule has 3 N–H and O–H groups in total. The quantitative estimate of drug-likeness (QED) is 0.422. The fourth-order valence-corrected chi connectivity index (χ4v) is 3.99. The lowest BCUT2D eigenvalue weighted by molar-refractivity contribution is -0.604. The molecular formula is C28H31N4O2+. The predicted molar refractivity (Wildman–Crippen MR) is 134 cm³/mol. The molecule has 1 saturated heterocycles. The van der Waals surface area contributed by atoms with E-state index in [0.29, 0.717) is 36.1 Å². The van der Waals surface area contributed by atoms with E-state index in [1.54, 1.807) is 36.5 Å². The number of hydrogen-bond acceptors (Lipinski definition) is 4. The van der Waals surface area contributed by atoms with Crippen LogP contribution < -0.4 is 10.1 Å². The van der Waals surface area contributed by atoms with Gasteiger partial charge in [-0.2, -0.15) is 0 Å². The number of ether oxygens (including phenoxy) is 1. The summed E-state index contributed by atoms with van der Waals surface area (Å²) in [5.74, 6) is 1.18. The molecule has 1 aliphatic rings. The summed E-state index contributed by atoms with van der Waals surface area (Å²) in [6.45, 7) is 6.30. The Labute approximate surface area is 200 Å². The summed E-state index contributed by atoms with van der Waals surface area (Å²) in [6, 6.07) is 19.7. The molecule has 6 heteroatoms. The highest BCUT2D eigenvalue weighted by Gasteiger charge is 2.30. The summed E-state index contributed by atoms with van der Waals surface area (Å²) in [5, 5.41) is 10.8. The van der Waals surface area contributed by atoms with Crippen LogP contribution in [0.2, 0.25) is 0 Å². The normalized spacial score (nSPS) is 15.4. The highest BCUT2D eigenvalue weighted by Crippen LogP contribution is 2.25. The standard InChI is InChI=1S/C28H30N4O2/c1-19(2)21-6-4-20(5-7-21)18-34-24-10-8-22(9-11-24)25(26(29)23-12-14-30-15-13-23)27-28(33)32(3)17-16-31-27/h4-15,19,29,31H,16-18H2,1-3H3/p+1. The lowest BCUT2D eigenvalue weighted by atomic mass is 9.93. The average Bonchev–Trinajstić information content (AvgIpc) is 2.87. The Morgan fingerprint density at radius 1 is 1.03 bits per heavy atom. The zero-order chi connectivity index (χ0) is 24.1. The molecule has 34 heavy (non-hydrogen) atoms. The molecule has 0 radical (unpaired) electrons. The minimum atomic E-state index is -0.0646. The summed E-state index contributed by atoms with van der Waals surface area (Å²) < 4.78 is 5.99. The minimum Gasteiger partial charge on any atom is -0.489 e. The molecule has 0 unspecified atom stereocenters. The monoisotopic (exact) mass is 455 g/mol. The number of benzene rings is 2. The van der Waals surface area contributed by atoms with Crippen LogP contribution in [0.15, 0.2) is 78.8 Å². The Bertz CT molecular complexity index is 1180. The van der Waals surface area contributed by atoms with Gasteiger partial charge in [0.05, 0.1) is 24.4 Å². The number of aromatic nitrogens is 1. The van der Waals surface area contributed by atoms with Gasteiger partial charge in [0.25, 0.3) is 0 Å². The number of likely N-dealkylation sites (N-methyl/N-ethyl adjacent to an activating group) is 1. The van der Waals surface area contributed by atoms with E-state index in [0.717, 1.165) is 29.0 Å². The highest BCUT2D eigenvalue weighted by atomic mass is 16.5. The van der Waals surface area contributed by atoms with Crippen molar-refractivity contribution in [3.8, 4) is 5.75 Å². The van der Waals surface area contributed by atoms with Gasteiger partial charge in [0.1, 0.15) is 12.4 Å². The van der Waals surface area contributed by atoms with Gasteiger partial charge in [-0.15, -0.1) is 0 Å². The van der Waals surface area contributed by atoms with E-state index >= 15 is 0 Å². The molecule has 1 fully saturated rings. The summed E-state index contributed by atoms with van der Waals surface area (Å²) in [6.07, 6.45) is 3.32.